The second-order valence-electron chi connectivity index (χ2n) is 9.16. The van der Waals surface area contributed by atoms with Crippen LogP contribution in [0.1, 0.15) is 40.7 Å². The number of ether oxygens (including phenoxy) is 1. The van der Waals surface area contributed by atoms with E-state index in [0.717, 1.165) is 25.2 Å². The number of methoxy groups -OCH3 is 1. The number of aryl methyl sites for hydroxylation is 1. The number of fused-ring (bicyclic) bond motifs is 1. The van der Waals surface area contributed by atoms with Crippen LogP contribution in [0.25, 0.3) is 22.2 Å². The molecular weight excluding hydrogens is 493 g/mol. The monoisotopic (exact) mass is 519 g/mol. The summed E-state index contributed by atoms with van der Waals surface area (Å²) in [5.74, 6) is -0.477. The molecule has 1 aliphatic heterocycles. The molecule has 0 aliphatic carbocycles. The lowest BCUT2D eigenvalue weighted by molar-refractivity contribution is 0.102. The highest BCUT2D eigenvalue weighted by Crippen LogP contribution is 2.40. The number of benzene rings is 2. The van der Waals surface area contributed by atoms with E-state index in [-0.39, 0.29) is 22.2 Å². The average Bonchev–Trinajstić information content (AvgIpc) is 2.92. The predicted octanol–water partition coefficient (Wildman–Crippen LogP) is 6.04. The molecule has 4 aromatic rings. The molecule has 0 unspecified atom stereocenters. The maximum Gasteiger partial charge on any atom is 0.259 e. The fourth-order valence-corrected chi connectivity index (χ4v) is 4.96. The van der Waals surface area contributed by atoms with Crippen LogP contribution in [0, 0.1) is 12.7 Å². The number of carbonyl (C=O) groups is 1. The van der Waals surface area contributed by atoms with Crippen LogP contribution in [0.5, 0.6) is 5.75 Å². The van der Waals surface area contributed by atoms with Gasteiger partial charge in [0.1, 0.15) is 11.3 Å². The van der Waals surface area contributed by atoms with E-state index in [1.165, 1.54) is 38.8 Å². The third kappa shape index (κ3) is 5.12. The second-order valence-corrected chi connectivity index (χ2v) is 9.53. The van der Waals surface area contributed by atoms with Crippen molar-refractivity contribution in [2.45, 2.75) is 32.7 Å². The zero-order valence-electron chi connectivity index (χ0n) is 20.7. The Morgan fingerprint density at radius 2 is 1.84 bits per heavy atom. The Morgan fingerprint density at radius 1 is 1.08 bits per heavy atom. The molecule has 1 N–H and O–H groups in total. The van der Waals surface area contributed by atoms with Crippen LogP contribution < -0.4 is 10.1 Å². The summed E-state index contributed by atoms with van der Waals surface area (Å²) in [6.07, 6.45) is 8.53. The van der Waals surface area contributed by atoms with Gasteiger partial charge in [0.05, 0.1) is 23.2 Å². The van der Waals surface area contributed by atoms with Gasteiger partial charge in [-0.3, -0.25) is 19.7 Å². The number of hydrogen-bond acceptors (Lipinski definition) is 6. The molecule has 1 amide bonds. The normalized spacial score (nSPS) is 14.1. The first-order valence-corrected chi connectivity index (χ1v) is 12.6. The van der Waals surface area contributed by atoms with Gasteiger partial charge in [0, 0.05) is 36.3 Å². The van der Waals surface area contributed by atoms with Gasteiger partial charge >= 0.3 is 0 Å². The van der Waals surface area contributed by atoms with Gasteiger partial charge in [0.15, 0.2) is 11.6 Å². The van der Waals surface area contributed by atoms with Crippen LogP contribution in [-0.2, 0) is 6.54 Å². The highest BCUT2D eigenvalue weighted by atomic mass is 35.5. The van der Waals surface area contributed by atoms with Gasteiger partial charge in [0.25, 0.3) is 5.91 Å². The van der Waals surface area contributed by atoms with E-state index in [4.69, 9.17) is 16.3 Å². The van der Waals surface area contributed by atoms with Gasteiger partial charge in [-0.05, 0) is 62.2 Å². The Balaban J connectivity index is 1.44. The molecule has 5 rings (SSSR count). The summed E-state index contributed by atoms with van der Waals surface area (Å²) in [7, 11) is 1.40. The highest BCUT2D eigenvalue weighted by Gasteiger charge is 2.23. The van der Waals surface area contributed by atoms with Crippen LogP contribution in [0.2, 0.25) is 5.02 Å². The summed E-state index contributed by atoms with van der Waals surface area (Å²) in [5, 5.41) is 3.09. The summed E-state index contributed by atoms with van der Waals surface area (Å²) in [5.41, 5.74) is 3.31. The molecule has 37 heavy (non-hydrogen) atoms. The minimum atomic E-state index is -0.601. The molecule has 9 heteroatoms. The Hall–Kier alpha value is -3.62. The van der Waals surface area contributed by atoms with Crippen molar-refractivity contribution in [2.75, 3.05) is 25.5 Å². The first kappa shape index (κ1) is 25.0. The first-order valence-electron chi connectivity index (χ1n) is 12.2. The molecule has 0 spiro atoms. The Bertz CT molecular complexity index is 1460. The summed E-state index contributed by atoms with van der Waals surface area (Å²) in [6.45, 7) is 4.83. The number of anilines is 1. The Kier molecular flexibility index (Phi) is 7.30. The van der Waals surface area contributed by atoms with Crippen molar-refractivity contribution in [3.8, 4) is 16.9 Å². The SMILES string of the molecule is COc1cc(C)c(Cl)c(-c2ccc(C(=O)Nc3ccc(CN4CCCCC4)cn3)c3nccnc23)c1F. The number of nitrogens with zero attached hydrogens (tertiary/aromatic N) is 4. The molecule has 7 nitrogen and oxygen atoms in total. The van der Waals surface area contributed by atoms with Crippen molar-refractivity contribution >= 4 is 34.4 Å². The van der Waals surface area contributed by atoms with Crippen molar-refractivity contribution in [1.29, 1.82) is 0 Å². The Morgan fingerprint density at radius 3 is 2.54 bits per heavy atom. The standard InChI is InChI=1S/C28H27ClFN5O2/c1-17-14-21(37-2)25(30)23(24(17)29)19-7-8-20(27-26(19)31-10-11-32-27)28(36)34-22-9-6-18(15-33-22)16-35-12-4-3-5-13-35/h6-11,14-15H,3-5,12-13,16H2,1-2H3,(H,33,34,36). The van der Waals surface area contributed by atoms with Crippen molar-refractivity contribution in [3.63, 3.8) is 0 Å². The van der Waals surface area contributed by atoms with Gasteiger partial charge in [-0.1, -0.05) is 30.2 Å². The number of rotatable bonds is 6. The summed E-state index contributed by atoms with van der Waals surface area (Å²) in [6, 6.07) is 8.55. The zero-order valence-corrected chi connectivity index (χ0v) is 21.5. The van der Waals surface area contributed by atoms with E-state index in [2.05, 4.69) is 25.2 Å². The number of aromatic nitrogens is 3. The van der Waals surface area contributed by atoms with E-state index in [9.17, 15) is 4.79 Å². The number of pyridine rings is 1. The van der Waals surface area contributed by atoms with E-state index in [1.54, 1.807) is 37.4 Å². The lowest BCUT2D eigenvalue weighted by Crippen LogP contribution is -2.29. The smallest absolute Gasteiger partial charge is 0.259 e. The largest absolute Gasteiger partial charge is 0.494 e. The molecule has 1 aliphatic rings. The van der Waals surface area contributed by atoms with E-state index in [0.29, 0.717) is 33.5 Å². The van der Waals surface area contributed by atoms with Gasteiger partial charge in [-0.15, -0.1) is 0 Å². The molecule has 0 saturated carbocycles. The third-order valence-corrected chi connectivity index (χ3v) is 7.12. The molecule has 2 aromatic carbocycles. The van der Waals surface area contributed by atoms with E-state index in [1.807, 2.05) is 6.07 Å². The number of carbonyl (C=O) groups excluding carboxylic acids is 1. The number of nitrogens with one attached hydrogen (secondary N) is 1. The Labute approximate surface area is 219 Å². The van der Waals surface area contributed by atoms with Crippen molar-refractivity contribution < 1.29 is 13.9 Å². The molecule has 0 radical (unpaired) electrons. The molecule has 0 bridgehead atoms. The lowest BCUT2D eigenvalue weighted by Gasteiger charge is -2.26. The predicted molar refractivity (Wildman–Crippen MR) is 143 cm³/mol. The minimum Gasteiger partial charge on any atom is -0.494 e. The maximum absolute atomic E-state index is 15.3. The van der Waals surface area contributed by atoms with E-state index >= 15 is 4.39 Å². The molecular formula is C28H27ClFN5O2. The molecule has 2 aromatic heterocycles. The summed E-state index contributed by atoms with van der Waals surface area (Å²) in [4.78, 5) is 28.9. The van der Waals surface area contributed by atoms with Crippen LogP contribution in [0.15, 0.2) is 48.9 Å². The molecule has 1 saturated heterocycles. The fraction of sp³-hybridized carbons (Fsp3) is 0.286. The molecule has 0 atom stereocenters. The fourth-order valence-electron chi connectivity index (χ4n) is 4.72. The number of likely N-dealkylation sites (tertiary alicyclic amines) is 1. The quantitative estimate of drug-likeness (QED) is 0.334. The maximum atomic E-state index is 15.3. The highest BCUT2D eigenvalue weighted by molar-refractivity contribution is 6.34. The lowest BCUT2D eigenvalue weighted by atomic mass is 9.98. The van der Waals surface area contributed by atoms with Crippen molar-refractivity contribution in [1.82, 2.24) is 19.9 Å². The number of piperidine rings is 1. The van der Waals surface area contributed by atoms with Crippen molar-refractivity contribution in [2.24, 2.45) is 0 Å². The van der Waals surface area contributed by atoms with Gasteiger partial charge in [0.2, 0.25) is 0 Å². The average molecular weight is 520 g/mol. The summed E-state index contributed by atoms with van der Waals surface area (Å²) < 4.78 is 20.5. The van der Waals surface area contributed by atoms with Crippen LogP contribution in [0.4, 0.5) is 10.2 Å². The van der Waals surface area contributed by atoms with Gasteiger partial charge < -0.3 is 10.1 Å². The number of hydrogen-bond donors (Lipinski definition) is 1. The molecule has 190 valence electrons. The summed E-state index contributed by atoms with van der Waals surface area (Å²) >= 11 is 6.51. The van der Waals surface area contributed by atoms with Crippen LogP contribution >= 0.6 is 11.6 Å². The van der Waals surface area contributed by atoms with Crippen LogP contribution in [-0.4, -0.2) is 46.0 Å². The topological polar surface area (TPSA) is 80.2 Å². The third-order valence-electron chi connectivity index (χ3n) is 6.63. The van der Waals surface area contributed by atoms with E-state index < -0.39 is 5.82 Å². The first-order chi connectivity index (χ1) is 18.0. The van der Waals surface area contributed by atoms with Crippen molar-refractivity contribution in [3.05, 3.63) is 76.5 Å². The van der Waals surface area contributed by atoms with Crippen LogP contribution in [0.3, 0.4) is 0 Å². The molecule has 1 fully saturated rings. The van der Waals surface area contributed by atoms with Gasteiger partial charge in [-0.2, -0.15) is 0 Å². The number of halogens is 2. The number of amides is 1. The van der Waals surface area contributed by atoms with Gasteiger partial charge in [-0.25, -0.2) is 9.37 Å². The zero-order chi connectivity index (χ0) is 25.9. The molecule has 3 heterocycles. The minimum absolute atomic E-state index is 0.0746. The second kappa shape index (κ2) is 10.8.